The van der Waals surface area contributed by atoms with Crippen molar-refractivity contribution >= 4 is 17.6 Å². The van der Waals surface area contributed by atoms with Crippen LogP contribution in [0.5, 0.6) is 5.75 Å². The van der Waals surface area contributed by atoms with Gasteiger partial charge in [-0.05, 0) is 18.2 Å². The number of halogens is 9. The first-order valence-electron chi connectivity index (χ1n) is 5.37. The summed E-state index contributed by atoms with van der Waals surface area (Å²) in [6, 6.07) is 2.15. The second-order valence-corrected chi connectivity index (χ2v) is 4.49. The molecule has 23 heavy (non-hydrogen) atoms. The number of phenolic OH excluding ortho intramolecular Hbond substituents is 1. The Bertz CT molecular complexity index is 601. The molecule has 1 N–H and O–H groups in total. The molecule has 0 saturated heterocycles. The number of ether oxygens (including phenoxy) is 1. The van der Waals surface area contributed by atoms with Crippen molar-refractivity contribution < 1.29 is 49.8 Å². The van der Waals surface area contributed by atoms with Gasteiger partial charge in [0.05, 0.1) is 10.6 Å². The lowest BCUT2D eigenvalue weighted by atomic mass is 10.1. The summed E-state index contributed by atoms with van der Waals surface area (Å²) in [6.07, 6.45) is -11.4. The highest BCUT2D eigenvalue weighted by atomic mass is 35.5. The molecule has 0 radical (unpaired) electrons. The number of aromatic hydroxyl groups is 1. The van der Waals surface area contributed by atoms with Crippen LogP contribution < -0.4 is 0 Å². The van der Waals surface area contributed by atoms with Gasteiger partial charge in [0.1, 0.15) is 5.75 Å². The molecule has 1 rings (SSSR count). The third-order valence-corrected chi connectivity index (χ3v) is 2.76. The number of hydrogen-bond acceptors (Lipinski definition) is 3. The Kier molecular flexibility index (Phi) is 5.04. The molecule has 1 atom stereocenters. The zero-order valence-electron chi connectivity index (χ0n) is 10.5. The first-order chi connectivity index (χ1) is 10.2. The number of esters is 1. The van der Waals surface area contributed by atoms with Crippen LogP contribution in [0.2, 0.25) is 5.02 Å². The summed E-state index contributed by atoms with van der Waals surface area (Å²) in [5, 5.41) is 8.34. The van der Waals surface area contributed by atoms with Crippen LogP contribution in [0.3, 0.4) is 0 Å². The fraction of sp³-hybridized carbons (Fsp3) is 0.364. The maximum Gasteiger partial charge on any atom is 0.460 e. The summed E-state index contributed by atoms with van der Waals surface area (Å²) in [4.78, 5) is 11.3. The summed E-state index contributed by atoms with van der Waals surface area (Å²) in [5.74, 6) is -15.7. The summed E-state index contributed by atoms with van der Waals surface area (Å²) < 4.78 is 103. The monoisotopic (exact) mass is 372 g/mol. The average molecular weight is 373 g/mol. The van der Waals surface area contributed by atoms with Gasteiger partial charge in [-0.25, -0.2) is 4.79 Å². The number of hydrogen-bond donors (Lipinski definition) is 1. The maximum atomic E-state index is 13.1. The number of phenols is 1. The molecule has 0 fully saturated rings. The van der Waals surface area contributed by atoms with Gasteiger partial charge >= 0.3 is 30.3 Å². The van der Waals surface area contributed by atoms with Crippen molar-refractivity contribution in [1.82, 2.24) is 0 Å². The largest absolute Gasteiger partial charge is 0.508 e. The number of benzene rings is 1. The predicted octanol–water partition coefficient (Wildman–Crippen LogP) is 4.33. The molecule has 0 spiro atoms. The molecule has 0 heterocycles. The molecule has 0 aliphatic heterocycles. The Hall–Kier alpha value is -1.78. The van der Waals surface area contributed by atoms with Crippen LogP contribution in [0.25, 0.3) is 0 Å². The molecule has 3 nitrogen and oxygen atoms in total. The number of carbonyl (C=O) groups excluding carboxylic acids is 1. The van der Waals surface area contributed by atoms with E-state index in [1.165, 1.54) is 0 Å². The van der Waals surface area contributed by atoms with Crippen molar-refractivity contribution in [3.63, 3.8) is 0 Å². The van der Waals surface area contributed by atoms with Crippen LogP contribution in [0.1, 0.15) is 10.4 Å². The van der Waals surface area contributed by atoms with E-state index < -0.39 is 46.7 Å². The van der Waals surface area contributed by atoms with Crippen LogP contribution in [-0.4, -0.2) is 35.5 Å². The smallest absolute Gasteiger partial charge is 0.460 e. The SMILES string of the molecule is O=C(OC(F)C(F)(F)C(F)(F)C(F)(F)F)c1ccc(O)cc1Cl. The fourth-order valence-electron chi connectivity index (χ4n) is 1.23. The Balaban J connectivity index is 3.02. The number of alkyl halides is 8. The third-order valence-electron chi connectivity index (χ3n) is 2.44. The van der Waals surface area contributed by atoms with Gasteiger partial charge < -0.3 is 9.84 Å². The highest BCUT2D eigenvalue weighted by Gasteiger charge is 2.77. The molecule has 0 saturated carbocycles. The van der Waals surface area contributed by atoms with E-state index in [0.29, 0.717) is 12.1 Å². The van der Waals surface area contributed by atoms with E-state index in [0.717, 1.165) is 6.07 Å². The summed E-state index contributed by atoms with van der Waals surface area (Å²) >= 11 is 5.39. The minimum Gasteiger partial charge on any atom is -0.508 e. The lowest BCUT2D eigenvalue weighted by Gasteiger charge is -2.29. The maximum absolute atomic E-state index is 13.1. The van der Waals surface area contributed by atoms with Crippen molar-refractivity contribution in [1.29, 1.82) is 0 Å². The topological polar surface area (TPSA) is 46.5 Å². The number of rotatable bonds is 4. The fourth-order valence-corrected chi connectivity index (χ4v) is 1.48. The van der Waals surface area contributed by atoms with Crippen molar-refractivity contribution in [3.05, 3.63) is 28.8 Å². The van der Waals surface area contributed by atoms with Crippen LogP contribution in [0, 0.1) is 0 Å². The van der Waals surface area contributed by atoms with E-state index in [4.69, 9.17) is 16.7 Å². The first-order valence-corrected chi connectivity index (χ1v) is 5.75. The van der Waals surface area contributed by atoms with E-state index in [-0.39, 0.29) is 0 Å². The van der Waals surface area contributed by atoms with Gasteiger partial charge in [-0.1, -0.05) is 11.6 Å². The summed E-state index contributed by atoms with van der Waals surface area (Å²) in [7, 11) is 0. The molecular weight excluding hydrogens is 368 g/mol. The van der Waals surface area contributed by atoms with Crippen LogP contribution in [0.15, 0.2) is 18.2 Å². The van der Waals surface area contributed by atoms with Gasteiger partial charge in [0.25, 0.3) is 0 Å². The van der Waals surface area contributed by atoms with Crippen molar-refractivity contribution in [3.8, 4) is 5.75 Å². The highest BCUT2D eigenvalue weighted by molar-refractivity contribution is 6.33. The lowest BCUT2D eigenvalue weighted by Crippen LogP contribution is -2.57. The predicted molar refractivity (Wildman–Crippen MR) is 59.4 cm³/mol. The van der Waals surface area contributed by atoms with Crippen LogP contribution >= 0.6 is 11.6 Å². The molecule has 0 aliphatic carbocycles. The van der Waals surface area contributed by atoms with Crippen molar-refractivity contribution in [2.24, 2.45) is 0 Å². The van der Waals surface area contributed by atoms with Gasteiger partial charge in [0.15, 0.2) is 0 Å². The van der Waals surface area contributed by atoms with Gasteiger partial charge in [-0.3, -0.25) is 0 Å². The molecule has 1 unspecified atom stereocenters. The molecule has 12 heteroatoms. The molecule has 0 bridgehead atoms. The van der Waals surface area contributed by atoms with Crippen LogP contribution in [-0.2, 0) is 4.74 Å². The Morgan fingerprint density at radius 2 is 1.65 bits per heavy atom. The minimum absolute atomic E-state index is 0.489. The normalized spacial score (nSPS) is 14.5. The van der Waals surface area contributed by atoms with Crippen molar-refractivity contribution in [2.45, 2.75) is 24.4 Å². The van der Waals surface area contributed by atoms with E-state index in [1.807, 2.05) is 0 Å². The van der Waals surface area contributed by atoms with Gasteiger partial charge in [-0.15, -0.1) is 0 Å². The highest BCUT2D eigenvalue weighted by Crippen LogP contribution is 2.49. The van der Waals surface area contributed by atoms with Gasteiger partial charge in [-0.2, -0.15) is 35.1 Å². The Morgan fingerprint density at radius 1 is 1.13 bits per heavy atom. The Morgan fingerprint density at radius 3 is 2.09 bits per heavy atom. The Labute approximate surface area is 127 Å². The summed E-state index contributed by atoms with van der Waals surface area (Å²) in [6.45, 7) is 0. The van der Waals surface area contributed by atoms with Crippen molar-refractivity contribution in [2.75, 3.05) is 0 Å². The second kappa shape index (κ2) is 6.02. The lowest BCUT2D eigenvalue weighted by molar-refractivity contribution is -0.381. The molecule has 0 aliphatic rings. The second-order valence-electron chi connectivity index (χ2n) is 4.08. The van der Waals surface area contributed by atoms with E-state index in [1.54, 1.807) is 0 Å². The van der Waals surface area contributed by atoms with Gasteiger partial charge in [0, 0.05) is 0 Å². The van der Waals surface area contributed by atoms with E-state index >= 15 is 0 Å². The summed E-state index contributed by atoms with van der Waals surface area (Å²) in [5.41, 5.74) is -0.835. The zero-order chi connectivity index (χ0) is 18.2. The average Bonchev–Trinajstić information content (AvgIpc) is 2.36. The zero-order valence-corrected chi connectivity index (χ0v) is 11.2. The first kappa shape index (κ1) is 19.3. The third kappa shape index (κ3) is 3.59. The standard InChI is InChI=1S/C11H5ClF8O3/c12-6-3-4(21)1-2-5(6)7(22)23-8(13)9(14,15)10(16,17)11(18,19)20/h1-3,8,21H. The molecule has 1 aromatic carbocycles. The van der Waals surface area contributed by atoms with Gasteiger partial charge in [0.2, 0.25) is 0 Å². The van der Waals surface area contributed by atoms with E-state index in [2.05, 4.69) is 4.74 Å². The molecule has 1 aromatic rings. The molecule has 0 aromatic heterocycles. The van der Waals surface area contributed by atoms with Crippen LogP contribution in [0.4, 0.5) is 35.1 Å². The molecular formula is C11H5ClF8O3. The minimum atomic E-state index is -6.78. The number of carbonyl (C=O) groups is 1. The molecule has 130 valence electrons. The van der Waals surface area contributed by atoms with E-state index in [9.17, 15) is 39.9 Å². The quantitative estimate of drug-likeness (QED) is 0.632. The molecule has 0 amide bonds.